The molecule has 20 heavy (non-hydrogen) atoms. The molecule has 1 aromatic carbocycles. The fourth-order valence-corrected chi connectivity index (χ4v) is 1.64. The van der Waals surface area contributed by atoms with Crippen molar-refractivity contribution in [3.8, 4) is 11.8 Å². The van der Waals surface area contributed by atoms with Crippen molar-refractivity contribution < 1.29 is 14.3 Å². The molecule has 0 aromatic heterocycles. The molecule has 0 saturated carbocycles. The summed E-state index contributed by atoms with van der Waals surface area (Å²) in [5.74, 6) is -0.208. The van der Waals surface area contributed by atoms with Crippen molar-refractivity contribution in [3.05, 3.63) is 24.3 Å². The molecule has 0 aliphatic carbocycles. The van der Waals surface area contributed by atoms with Gasteiger partial charge >= 0.3 is 0 Å². The Kier molecular flexibility index (Phi) is 4.29. The number of para-hydroxylation sites is 2. The number of hydrogen-bond acceptors (Lipinski definition) is 5. The first-order valence-corrected chi connectivity index (χ1v) is 5.96. The van der Waals surface area contributed by atoms with Crippen LogP contribution in [0.15, 0.2) is 29.4 Å². The van der Waals surface area contributed by atoms with Crippen molar-refractivity contribution >= 4 is 23.2 Å². The van der Waals surface area contributed by atoms with Gasteiger partial charge in [0, 0.05) is 12.8 Å². The molecule has 0 spiro atoms. The van der Waals surface area contributed by atoms with E-state index < -0.39 is 5.91 Å². The summed E-state index contributed by atoms with van der Waals surface area (Å²) >= 11 is 0. The van der Waals surface area contributed by atoms with Gasteiger partial charge in [0.25, 0.3) is 5.91 Å². The third-order valence-corrected chi connectivity index (χ3v) is 2.59. The molecule has 0 unspecified atom stereocenters. The molecule has 1 aliphatic heterocycles. The van der Waals surface area contributed by atoms with Gasteiger partial charge in [-0.15, -0.1) is 0 Å². The number of nitrogens with zero attached hydrogens (tertiary/aromatic N) is 2. The molecule has 0 atom stereocenters. The van der Waals surface area contributed by atoms with Gasteiger partial charge in [-0.3, -0.25) is 9.59 Å². The Bertz CT molecular complexity index is 604. The average molecular weight is 272 g/mol. The van der Waals surface area contributed by atoms with E-state index in [1.54, 1.807) is 24.3 Å². The molecule has 0 bridgehead atoms. The molecule has 1 aromatic rings. The van der Waals surface area contributed by atoms with Gasteiger partial charge in [-0.05, 0) is 12.1 Å². The molecule has 0 fully saturated rings. The van der Waals surface area contributed by atoms with Crippen molar-refractivity contribution in [2.45, 2.75) is 12.8 Å². The first-order chi connectivity index (χ1) is 9.70. The van der Waals surface area contributed by atoms with Gasteiger partial charge in [-0.2, -0.15) is 10.4 Å². The lowest BCUT2D eigenvalue weighted by molar-refractivity contribution is -0.121. The largest absolute Gasteiger partial charge is 0.477 e. The maximum Gasteiger partial charge on any atom is 0.271 e. The molecule has 2 N–H and O–H groups in total. The number of nitriles is 1. The van der Waals surface area contributed by atoms with E-state index in [1.807, 2.05) is 6.07 Å². The molecule has 1 aliphatic rings. The van der Waals surface area contributed by atoms with E-state index in [9.17, 15) is 9.59 Å². The molecular weight excluding hydrogens is 260 g/mol. The number of hydrazone groups is 1. The molecule has 7 nitrogen and oxygen atoms in total. The SMILES string of the molecule is N#CCOc1ccccc1NC(=O)C1=NNC(=O)CC1. The molecule has 0 radical (unpaired) electrons. The van der Waals surface area contributed by atoms with E-state index in [1.165, 1.54) is 0 Å². The highest BCUT2D eigenvalue weighted by Crippen LogP contribution is 2.23. The van der Waals surface area contributed by atoms with Crippen LogP contribution in [0.5, 0.6) is 5.75 Å². The molecule has 0 saturated heterocycles. The Morgan fingerprint density at radius 2 is 2.25 bits per heavy atom. The van der Waals surface area contributed by atoms with E-state index >= 15 is 0 Å². The van der Waals surface area contributed by atoms with Gasteiger partial charge in [-0.1, -0.05) is 12.1 Å². The summed E-state index contributed by atoms with van der Waals surface area (Å²) < 4.78 is 5.21. The zero-order chi connectivity index (χ0) is 14.4. The number of nitrogens with one attached hydrogen (secondary N) is 2. The highest BCUT2D eigenvalue weighted by molar-refractivity contribution is 6.43. The third-order valence-electron chi connectivity index (χ3n) is 2.59. The van der Waals surface area contributed by atoms with Crippen LogP contribution in [0, 0.1) is 11.3 Å². The predicted molar refractivity (Wildman–Crippen MR) is 71.0 cm³/mol. The number of hydrogen-bond donors (Lipinski definition) is 2. The lowest BCUT2D eigenvalue weighted by Gasteiger charge is -2.13. The van der Waals surface area contributed by atoms with Gasteiger partial charge in [0.2, 0.25) is 5.91 Å². The maximum absolute atomic E-state index is 12.0. The topological polar surface area (TPSA) is 104 Å². The van der Waals surface area contributed by atoms with Crippen LogP contribution >= 0.6 is 0 Å². The highest BCUT2D eigenvalue weighted by Gasteiger charge is 2.19. The molecule has 7 heteroatoms. The zero-order valence-electron chi connectivity index (χ0n) is 10.5. The first kappa shape index (κ1) is 13.5. The number of amides is 2. The molecule has 2 rings (SSSR count). The summed E-state index contributed by atoms with van der Waals surface area (Å²) in [7, 11) is 0. The fraction of sp³-hybridized carbons (Fsp3) is 0.231. The Morgan fingerprint density at radius 3 is 2.95 bits per heavy atom. The summed E-state index contributed by atoms with van der Waals surface area (Å²) in [6.07, 6.45) is 0.526. The van der Waals surface area contributed by atoms with E-state index in [0.717, 1.165) is 0 Å². The summed E-state index contributed by atoms with van der Waals surface area (Å²) in [6, 6.07) is 8.64. The number of benzene rings is 1. The van der Waals surface area contributed by atoms with Crippen molar-refractivity contribution in [1.29, 1.82) is 5.26 Å². The number of carbonyl (C=O) groups excluding carboxylic acids is 2. The summed E-state index contributed by atoms with van der Waals surface area (Å²) in [6.45, 7) is -0.107. The minimum absolute atomic E-state index is 0.107. The second-order valence-corrected chi connectivity index (χ2v) is 3.99. The lowest BCUT2D eigenvalue weighted by Crippen LogP contribution is -2.32. The summed E-state index contributed by atoms with van der Waals surface area (Å²) in [5, 5.41) is 14.9. The van der Waals surface area contributed by atoms with Crippen LogP contribution in [0.2, 0.25) is 0 Å². The van der Waals surface area contributed by atoms with Gasteiger partial charge in [0.15, 0.2) is 6.61 Å². The van der Waals surface area contributed by atoms with Crippen LogP contribution in [0.25, 0.3) is 0 Å². The van der Waals surface area contributed by atoms with Crippen molar-refractivity contribution in [2.75, 3.05) is 11.9 Å². The van der Waals surface area contributed by atoms with E-state index in [4.69, 9.17) is 10.00 Å². The smallest absolute Gasteiger partial charge is 0.271 e. The van der Waals surface area contributed by atoms with Gasteiger partial charge in [0.1, 0.15) is 17.5 Å². The Hall–Kier alpha value is -2.88. The number of rotatable bonds is 4. The molecular formula is C13H12N4O3. The Labute approximate surface area is 115 Å². The van der Waals surface area contributed by atoms with E-state index in [0.29, 0.717) is 17.9 Å². The zero-order valence-corrected chi connectivity index (χ0v) is 10.5. The fourth-order valence-electron chi connectivity index (χ4n) is 1.64. The van der Waals surface area contributed by atoms with Crippen LogP contribution in [0.1, 0.15) is 12.8 Å². The van der Waals surface area contributed by atoms with Crippen molar-refractivity contribution in [1.82, 2.24) is 5.43 Å². The standard InChI is InChI=1S/C13H12N4O3/c14-7-8-20-11-4-2-1-3-9(11)15-13(19)10-5-6-12(18)17-16-10/h1-4H,5-6,8H2,(H,15,19)(H,17,18). The van der Waals surface area contributed by atoms with Crippen molar-refractivity contribution in [3.63, 3.8) is 0 Å². The second-order valence-electron chi connectivity index (χ2n) is 3.99. The molecule has 102 valence electrons. The quantitative estimate of drug-likeness (QED) is 0.845. The van der Waals surface area contributed by atoms with Crippen LogP contribution < -0.4 is 15.5 Å². The van der Waals surface area contributed by atoms with Crippen LogP contribution in [0.3, 0.4) is 0 Å². The number of ether oxygens (including phenoxy) is 1. The highest BCUT2D eigenvalue weighted by atomic mass is 16.5. The predicted octanol–water partition coefficient (Wildman–Crippen LogP) is 0.793. The van der Waals surface area contributed by atoms with Gasteiger partial charge in [-0.25, -0.2) is 5.43 Å². The minimum Gasteiger partial charge on any atom is -0.477 e. The average Bonchev–Trinajstić information content (AvgIpc) is 2.47. The Morgan fingerprint density at radius 1 is 1.45 bits per heavy atom. The molecule has 2 amide bonds. The monoisotopic (exact) mass is 272 g/mol. The second kappa shape index (κ2) is 6.33. The minimum atomic E-state index is -0.405. The first-order valence-electron chi connectivity index (χ1n) is 5.96. The van der Waals surface area contributed by atoms with Crippen molar-refractivity contribution in [2.24, 2.45) is 5.10 Å². The number of anilines is 1. The summed E-state index contributed by atoms with van der Waals surface area (Å²) in [5.41, 5.74) is 2.96. The van der Waals surface area contributed by atoms with Crippen LogP contribution in [-0.4, -0.2) is 24.1 Å². The van der Waals surface area contributed by atoms with E-state index in [2.05, 4.69) is 15.8 Å². The van der Waals surface area contributed by atoms with Crippen LogP contribution in [0.4, 0.5) is 5.69 Å². The van der Waals surface area contributed by atoms with Gasteiger partial charge < -0.3 is 10.1 Å². The van der Waals surface area contributed by atoms with Crippen LogP contribution in [-0.2, 0) is 9.59 Å². The molecule has 1 heterocycles. The Balaban J connectivity index is 2.08. The summed E-state index contributed by atoms with van der Waals surface area (Å²) in [4.78, 5) is 22.9. The lowest BCUT2D eigenvalue weighted by atomic mass is 10.1. The van der Waals surface area contributed by atoms with Gasteiger partial charge in [0.05, 0.1) is 5.69 Å². The van der Waals surface area contributed by atoms with E-state index in [-0.39, 0.29) is 24.6 Å². The number of carbonyl (C=O) groups is 2. The third kappa shape index (κ3) is 3.32. The normalized spacial score (nSPS) is 13.8. The maximum atomic E-state index is 12.0.